The van der Waals surface area contributed by atoms with Crippen molar-refractivity contribution in [3.63, 3.8) is 0 Å². The first-order chi connectivity index (χ1) is 11.4. The minimum Gasteiger partial charge on any atom is -0.497 e. The van der Waals surface area contributed by atoms with Crippen molar-refractivity contribution in [2.45, 2.75) is 20.8 Å². The van der Waals surface area contributed by atoms with Gasteiger partial charge in [0.2, 0.25) is 11.8 Å². The Hall–Kier alpha value is -2.82. The molecule has 5 nitrogen and oxygen atoms in total. The number of hydrogen-bond donors (Lipinski definition) is 1. The fourth-order valence-corrected chi connectivity index (χ4v) is 2.37. The number of nitrogens with one attached hydrogen (secondary N) is 1. The van der Waals surface area contributed by atoms with E-state index in [1.54, 1.807) is 31.4 Å². The van der Waals surface area contributed by atoms with Crippen LogP contribution in [-0.4, -0.2) is 25.5 Å². The maximum atomic E-state index is 12.4. The van der Waals surface area contributed by atoms with Crippen molar-refractivity contribution in [3.05, 3.63) is 53.6 Å². The van der Waals surface area contributed by atoms with Crippen LogP contribution >= 0.6 is 0 Å². The lowest BCUT2D eigenvalue weighted by atomic mass is 10.1. The van der Waals surface area contributed by atoms with E-state index < -0.39 is 0 Å². The standard InChI is InChI=1S/C19H22N2O3/c1-13-6-5-7-18(14(13)2)20-19(23)12-21(15(3)22)16-8-10-17(24-4)11-9-16/h5-11H,12H2,1-4H3,(H,20,23). The zero-order chi connectivity index (χ0) is 17.7. The van der Waals surface area contributed by atoms with E-state index in [2.05, 4.69) is 5.32 Å². The fourth-order valence-electron chi connectivity index (χ4n) is 2.37. The minimum absolute atomic E-state index is 0.0466. The van der Waals surface area contributed by atoms with Gasteiger partial charge in [0.25, 0.3) is 0 Å². The van der Waals surface area contributed by atoms with Crippen LogP contribution in [0.4, 0.5) is 11.4 Å². The van der Waals surface area contributed by atoms with Gasteiger partial charge in [-0.15, -0.1) is 0 Å². The Labute approximate surface area is 142 Å². The number of rotatable bonds is 5. The number of carbonyl (C=O) groups is 2. The molecular formula is C19H22N2O3. The van der Waals surface area contributed by atoms with E-state index in [4.69, 9.17) is 4.74 Å². The third-order valence-electron chi connectivity index (χ3n) is 3.94. The molecule has 126 valence electrons. The number of carbonyl (C=O) groups excluding carboxylic acids is 2. The molecule has 0 aliphatic heterocycles. The molecule has 0 unspecified atom stereocenters. The summed E-state index contributed by atoms with van der Waals surface area (Å²) in [6, 6.07) is 12.8. The predicted molar refractivity (Wildman–Crippen MR) is 95.6 cm³/mol. The van der Waals surface area contributed by atoms with E-state index in [1.165, 1.54) is 11.8 Å². The molecule has 0 spiro atoms. The SMILES string of the molecule is COc1ccc(N(CC(=O)Nc2cccc(C)c2C)C(C)=O)cc1. The van der Waals surface area contributed by atoms with E-state index in [-0.39, 0.29) is 18.4 Å². The van der Waals surface area contributed by atoms with Gasteiger partial charge in [-0.25, -0.2) is 0 Å². The average molecular weight is 326 g/mol. The first kappa shape index (κ1) is 17.5. The third-order valence-corrected chi connectivity index (χ3v) is 3.94. The normalized spacial score (nSPS) is 10.2. The number of benzene rings is 2. The van der Waals surface area contributed by atoms with Gasteiger partial charge in [0.05, 0.1) is 7.11 Å². The summed E-state index contributed by atoms with van der Waals surface area (Å²) < 4.78 is 5.11. The molecule has 2 amide bonds. The second kappa shape index (κ2) is 7.64. The minimum atomic E-state index is -0.241. The van der Waals surface area contributed by atoms with Gasteiger partial charge in [0.15, 0.2) is 0 Å². The molecule has 0 radical (unpaired) electrons. The Morgan fingerprint density at radius 3 is 2.33 bits per heavy atom. The number of aryl methyl sites for hydroxylation is 1. The van der Waals surface area contributed by atoms with Gasteiger partial charge in [-0.3, -0.25) is 9.59 Å². The highest BCUT2D eigenvalue weighted by Gasteiger charge is 2.16. The van der Waals surface area contributed by atoms with Crippen molar-refractivity contribution in [2.24, 2.45) is 0 Å². The zero-order valence-electron chi connectivity index (χ0n) is 14.4. The quantitative estimate of drug-likeness (QED) is 0.917. The van der Waals surface area contributed by atoms with Gasteiger partial charge >= 0.3 is 0 Å². The molecule has 2 rings (SSSR count). The lowest BCUT2D eigenvalue weighted by Gasteiger charge is -2.21. The number of ether oxygens (including phenoxy) is 1. The van der Waals surface area contributed by atoms with Gasteiger partial charge in [0.1, 0.15) is 12.3 Å². The first-order valence-corrected chi connectivity index (χ1v) is 7.70. The summed E-state index contributed by atoms with van der Waals surface area (Å²) in [7, 11) is 1.58. The van der Waals surface area contributed by atoms with E-state index in [0.29, 0.717) is 11.4 Å². The van der Waals surface area contributed by atoms with Crippen LogP contribution in [0.25, 0.3) is 0 Å². The maximum absolute atomic E-state index is 12.4. The summed E-state index contributed by atoms with van der Waals surface area (Å²) in [5.74, 6) is 0.257. The molecule has 0 saturated heterocycles. The maximum Gasteiger partial charge on any atom is 0.244 e. The van der Waals surface area contributed by atoms with E-state index in [1.807, 2.05) is 32.0 Å². The summed E-state index contributed by atoms with van der Waals surface area (Å²) in [5, 5.41) is 2.87. The lowest BCUT2D eigenvalue weighted by molar-refractivity contribution is -0.120. The van der Waals surface area contributed by atoms with Crippen molar-refractivity contribution in [1.82, 2.24) is 0 Å². The molecule has 0 aliphatic rings. The predicted octanol–water partition coefficient (Wildman–Crippen LogP) is 3.30. The highest BCUT2D eigenvalue weighted by atomic mass is 16.5. The summed E-state index contributed by atoms with van der Waals surface area (Å²) in [4.78, 5) is 25.7. The van der Waals surface area contributed by atoms with Crippen molar-refractivity contribution in [1.29, 1.82) is 0 Å². The Bertz CT molecular complexity index is 739. The van der Waals surface area contributed by atoms with Crippen molar-refractivity contribution in [3.8, 4) is 5.75 Å². The Morgan fingerprint density at radius 1 is 1.08 bits per heavy atom. The Morgan fingerprint density at radius 2 is 1.75 bits per heavy atom. The van der Waals surface area contributed by atoms with E-state index >= 15 is 0 Å². The molecule has 0 heterocycles. The van der Waals surface area contributed by atoms with Crippen LogP contribution in [0.5, 0.6) is 5.75 Å². The zero-order valence-corrected chi connectivity index (χ0v) is 14.4. The molecule has 0 aliphatic carbocycles. The number of hydrogen-bond acceptors (Lipinski definition) is 3. The molecular weight excluding hydrogens is 304 g/mol. The van der Waals surface area contributed by atoms with Gasteiger partial charge in [-0.1, -0.05) is 12.1 Å². The molecule has 0 fully saturated rings. The molecule has 24 heavy (non-hydrogen) atoms. The second-order valence-corrected chi connectivity index (χ2v) is 5.60. The Kier molecular flexibility index (Phi) is 5.58. The lowest BCUT2D eigenvalue weighted by Crippen LogP contribution is -2.36. The summed E-state index contributed by atoms with van der Waals surface area (Å²) in [5.41, 5.74) is 3.54. The molecule has 1 N–H and O–H groups in total. The molecule has 0 bridgehead atoms. The fraction of sp³-hybridized carbons (Fsp3) is 0.263. The Balaban J connectivity index is 2.13. The van der Waals surface area contributed by atoms with Crippen LogP contribution in [-0.2, 0) is 9.59 Å². The van der Waals surface area contributed by atoms with Gasteiger partial charge in [0, 0.05) is 18.3 Å². The number of anilines is 2. The van der Waals surface area contributed by atoms with Crippen molar-refractivity contribution < 1.29 is 14.3 Å². The van der Waals surface area contributed by atoms with Gasteiger partial charge in [-0.2, -0.15) is 0 Å². The highest BCUT2D eigenvalue weighted by molar-refractivity contribution is 6.02. The molecule has 2 aromatic rings. The summed E-state index contributed by atoms with van der Waals surface area (Å²) in [6.07, 6.45) is 0. The smallest absolute Gasteiger partial charge is 0.244 e. The van der Waals surface area contributed by atoms with Crippen LogP contribution < -0.4 is 15.0 Å². The van der Waals surface area contributed by atoms with Crippen LogP contribution in [0.3, 0.4) is 0 Å². The van der Waals surface area contributed by atoms with E-state index in [0.717, 1.165) is 16.8 Å². The molecule has 0 atom stereocenters. The van der Waals surface area contributed by atoms with Gasteiger partial charge in [-0.05, 0) is 55.3 Å². The summed E-state index contributed by atoms with van der Waals surface area (Å²) >= 11 is 0. The number of nitrogens with zero attached hydrogens (tertiary/aromatic N) is 1. The van der Waals surface area contributed by atoms with Gasteiger partial charge < -0.3 is 15.0 Å². The van der Waals surface area contributed by atoms with Crippen LogP contribution in [0.2, 0.25) is 0 Å². The van der Waals surface area contributed by atoms with Crippen LogP contribution in [0.1, 0.15) is 18.1 Å². The largest absolute Gasteiger partial charge is 0.497 e. The topological polar surface area (TPSA) is 58.6 Å². The van der Waals surface area contributed by atoms with Crippen LogP contribution in [0, 0.1) is 13.8 Å². The van der Waals surface area contributed by atoms with Crippen molar-refractivity contribution >= 4 is 23.2 Å². The average Bonchev–Trinajstić information content (AvgIpc) is 2.57. The van der Waals surface area contributed by atoms with Crippen molar-refractivity contribution in [2.75, 3.05) is 23.9 Å². The second-order valence-electron chi connectivity index (χ2n) is 5.60. The summed E-state index contributed by atoms with van der Waals surface area (Å²) in [6.45, 7) is 5.34. The van der Waals surface area contributed by atoms with E-state index in [9.17, 15) is 9.59 Å². The molecule has 2 aromatic carbocycles. The highest BCUT2D eigenvalue weighted by Crippen LogP contribution is 2.21. The number of amides is 2. The molecule has 5 heteroatoms. The first-order valence-electron chi connectivity index (χ1n) is 7.70. The third kappa shape index (κ3) is 4.13. The molecule has 0 aromatic heterocycles. The molecule has 0 saturated carbocycles. The monoisotopic (exact) mass is 326 g/mol. The number of methoxy groups -OCH3 is 1. The van der Waals surface area contributed by atoms with Crippen LogP contribution in [0.15, 0.2) is 42.5 Å².